The lowest BCUT2D eigenvalue weighted by Crippen LogP contribution is -2.16. The molecule has 0 aromatic carbocycles. The average Bonchev–Trinajstić information content (AvgIpc) is 2.29. The first-order valence-corrected chi connectivity index (χ1v) is 9.24. The number of rotatable bonds is 10. The van der Waals surface area contributed by atoms with Gasteiger partial charge in [-0.3, -0.25) is 9.59 Å². The van der Waals surface area contributed by atoms with Crippen molar-refractivity contribution in [3.8, 4) is 0 Å². The monoisotopic (exact) mass is 346 g/mol. The minimum atomic E-state index is -4.34. The van der Waals surface area contributed by atoms with Gasteiger partial charge < -0.3 is 8.37 Å². The molecule has 0 saturated heterocycles. The van der Waals surface area contributed by atoms with Gasteiger partial charge >= 0.3 is 32.5 Å². The molecular weight excluding hydrogens is 328 g/mol. The van der Waals surface area contributed by atoms with Gasteiger partial charge in [0.15, 0.2) is 0 Å². The predicted octanol–water partition coefficient (Wildman–Crippen LogP) is 0.264. The molecule has 124 valence electrons. The normalized spacial score (nSPS) is 11.9. The van der Waals surface area contributed by atoms with Gasteiger partial charge in [0.05, 0.1) is 12.9 Å². The van der Waals surface area contributed by atoms with Gasteiger partial charge in [0.1, 0.15) is 0 Å². The van der Waals surface area contributed by atoms with E-state index in [2.05, 4.69) is 12.5 Å². The van der Waals surface area contributed by atoms with Crippen LogP contribution in [0.5, 0.6) is 0 Å². The summed E-state index contributed by atoms with van der Waals surface area (Å²) in [6.07, 6.45) is 1.02. The summed E-state index contributed by atoms with van der Waals surface area (Å²) < 4.78 is 56.0. The molecule has 0 bridgehead atoms. The average molecular weight is 346 g/mol. The van der Waals surface area contributed by atoms with E-state index in [0.29, 0.717) is 6.42 Å². The minimum Gasteiger partial charge on any atom is -0.346 e. The van der Waals surface area contributed by atoms with E-state index in [0.717, 1.165) is 6.26 Å². The van der Waals surface area contributed by atoms with Gasteiger partial charge in [0, 0.05) is 12.8 Å². The Morgan fingerprint density at radius 1 is 0.905 bits per heavy atom. The zero-order valence-corrected chi connectivity index (χ0v) is 13.4. The maximum absolute atomic E-state index is 11.2. The summed E-state index contributed by atoms with van der Waals surface area (Å²) >= 11 is 0. The van der Waals surface area contributed by atoms with Gasteiger partial charge in [-0.2, -0.15) is 16.8 Å². The third kappa shape index (κ3) is 12.3. The number of hydrogen-bond donors (Lipinski definition) is 0. The van der Waals surface area contributed by atoms with E-state index in [4.69, 9.17) is 0 Å². The van der Waals surface area contributed by atoms with Crippen LogP contribution in [0.25, 0.3) is 0 Å². The summed E-state index contributed by atoms with van der Waals surface area (Å²) in [7, 11) is -8.19. The third-order valence-electron chi connectivity index (χ3n) is 1.88. The van der Waals surface area contributed by atoms with Gasteiger partial charge in [0.2, 0.25) is 0 Å². The molecule has 0 aliphatic rings. The van der Waals surface area contributed by atoms with Crippen LogP contribution in [-0.2, 0) is 42.7 Å². The minimum absolute atomic E-state index is 0.0903. The lowest BCUT2D eigenvalue weighted by Gasteiger charge is -2.05. The van der Waals surface area contributed by atoms with Crippen LogP contribution in [0.15, 0.2) is 0 Å². The van der Waals surface area contributed by atoms with Crippen molar-refractivity contribution in [3.05, 3.63) is 0 Å². The summed E-state index contributed by atoms with van der Waals surface area (Å²) in [6.45, 7) is 1.60. The predicted molar refractivity (Wildman–Crippen MR) is 70.7 cm³/mol. The summed E-state index contributed by atoms with van der Waals surface area (Å²) in [5.41, 5.74) is 0. The second-order valence-corrected chi connectivity index (χ2v) is 6.85. The van der Waals surface area contributed by atoms with Crippen LogP contribution in [-0.4, -0.2) is 41.6 Å². The summed E-state index contributed by atoms with van der Waals surface area (Å²) in [5.74, 6) is -1.95. The summed E-state index contributed by atoms with van der Waals surface area (Å²) in [6, 6.07) is 0. The molecule has 21 heavy (non-hydrogen) atoms. The molecule has 0 heterocycles. The van der Waals surface area contributed by atoms with E-state index in [-0.39, 0.29) is 32.3 Å². The molecule has 0 unspecified atom stereocenters. The van der Waals surface area contributed by atoms with Crippen molar-refractivity contribution in [1.82, 2.24) is 0 Å². The maximum atomic E-state index is 11.2. The Labute approximate surface area is 124 Å². The first kappa shape index (κ1) is 19.8. The zero-order valence-electron chi connectivity index (χ0n) is 11.7. The maximum Gasteiger partial charge on any atom is 0.451 e. The van der Waals surface area contributed by atoms with Crippen LogP contribution < -0.4 is 0 Å². The Morgan fingerprint density at radius 2 is 1.38 bits per heavy atom. The van der Waals surface area contributed by atoms with Crippen molar-refractivity contribution in [2.24, 2.45) is 0 Å². The first-order valence-electron chi connectivity index (χ1n) is 6.09. The fourth-order valence-electron chi connectivity index (χ4n) is 1.11. The highest BCUT2D eigenvalue weighted by Crippen LogP contribution is 2.06. The number of carbonyl (C=O) groups is 2. The smallest absolute Gasteiger partial charge is 0.346 e. The Hall–Kier alpha value is -1.20. The third-order valence-corrected chi connectivity index (χ3v) is 3.22. The van der Waals surface area contributed by atoms with Gasteiger partial charge in [-0.05, 0) is 19.3 Å². The molecule has 0 fully saturated rings. The molecular formula is C10H18O9S2. The van der Waals surface area contributed by atoms with Gasteiger partial charge in [-0.15, -0.1) is 0 Å². The Bertz CT molecular complexity index is 547. The molecule has 0 rings (SSSR count). The molecule has 0 aromatic rings. The quantitative estimate of drug-likeness (QED) is 0.404. The van der Waals surface area contributed by atoms with Crippen molar-refractivity contribution >= 4 is 32.5 Å². The molecule has 11 heteroatoms. The van der Waals surface area contributed by atoms with Crippen molar-refractivity contribution in [1.29, 1.82) is 0 Å². The molecule has 0 atom stereocenters. The lowest BCUT2D eigenvalue weighted by atomic mass is 10.2. The number of unbranched alkanes of at least 4 members (excludes halogenated alkanes) is 1. The molecule has 0 aliphatic heterocycles. The number of hydrogen-bond acceptors (Lipinski definition) is 9. The fourth-order valence-corrected chi connectivity index (χ4v) is 2.27. The van der Waals surface area contributed by atoms with Crippen molar-refractivity contribution in [3.63, 3.8) is 0 Å². The molecule has 0 amide bonds. The van der Waals surface area contributed by atoms with Gasteiger partial charge in [0.25, 0.3) is 0 Å². The SMILES string of the molecule is CCCOS(=O)(=O)OC(=O)CCCCC(=O)OS(C)(=O)=O. The zero-order chi connectivity index (χ0) is 16.5. The van der Waals surface area contributed by atoms with Gasteiger partial charge in [-0.1, -0.05) is 6.92 Å². The molecule has 0 saturated carbocycles. The second kappa shape index (κ2) is 8.95. The van der Waals surface area contributed by atoms with Crippen LogP contribution in [0.3, 0.4) is 0 Å². The molecule has 0 aromatic heterocycles. The van der Waals surface area contributed by atoms with Crippen LogP contribution in [0.2, 0.25) is 0 Å². The topological polar surface area (TPSA) is 130 Å². The summed E-state index contributed by atoms with van der Waals surface area (Å²) in [5, 5.41) is 0. The van der Waals surface area contributed by atoms with Crippen LogP contribution in [0.1, 0.15) is 39.0 Å². The Kier molecular flexibility index (Phi) is 8.44. The standard InChI is InChI=1S/C10H18O9S2/c1-3-8-17-21(15,16)19-10(12)7-5-4-6-9(11)18-20(2,13)14/h3-8H2,1-2H3. The largest absolute Gasteiger partial charge is 0.451 e. The van der Waals surface area contributed by atoms with E-state index < -0.39 is 32.5 Å². The molecule has 9 nitrogen and oxygen atoms in total. The van der Waals surface area contributed by atoms with Gasteiger partial charge in [-0.25, -0.2) is 4.18 Å². The van der Waals surface area contributed by atoms with E-state index in [1.165, 1.54) is 0 Å². The van der Waals surface area contributed by atoms with Crippen molar-refractivity contribution in [2.75, 3.05) is 12.9 Å². The molecule has 0 N–H and O–H groups in total. The second-order valence-electron chi connectivity index (χ2n) is 4.05. The highest BCUT2D eigenvalue weighted by Gasteiger charge is 2.18. The van der Waals surface area contributed by atoms with Crippen molar-refractivity contribution in [2.45, 2.75) is 39.0 Å². The van der Waals surface area contributed by atoms with E-state index in [9.17, 15) is 26.4 Å². The van der Waals surface area contributed by atoms with E-state index in [1.807, 2.05) is 0 Å². The summed E-state index contributed by atoms with van der Waals surface area (Å²) in [4.78, 5) is 22.2. The highest BCUT2D eigenvalue weighted by atomic mass is 32.3. The Morgan fingerprint density at radius 3 is 1.81 bits per heavy atom. The van der Waals surface area contributed by atoms with E-state index >= 15 is 0 Å². The Balaban J connectivity index is 3.93. The molecule has 0 aliphatic carbocycles. The fraction of sp³-hybridized carbons (Fsp3) is 0.800. The van der Waals surface area contributed by atoms with Crippen LogP contribution in [0.4, 0.5) is 0 Å². The van der Waals surface area contributed by atoms with Crippen molar-refractivity contribution < 1.29 is 39.0 Å². The lowest BCUT2D eigenvalue weighted by molar-refractivity contribution is -0.136. The molecule has 0 spiro atoms. The van der Waals surface area contributed by atoms with E-state index in [1.54, 1.807) is 6.92 Å². The van der Waals surface area contributed by atoms with Crippen LogP contribution in [0, 0.1) is 0 Å². The first-order chi connectivity index (χ1) is 9.56. The number of carbonyl (C=O) groups excluding carboxylic acids is 2. The van der Waals surface area contributed by atoms with Crippen LogP contribution >= 0.6 is 0 Å². The molecule has 0 radical (unpaired) electrons. The highest BCUT2D eigenvalue weighted by molar-refractivity contribution is 7.86.